The van der Waals surface area contributed by atoms with Gasteiger partial charge in [0.25, 0.3) is 23.2 Å². The Hall–Kier alpha value is -4.10. The maximum Gasteiger partial charge on any atom is 0.277 e. The molecule has 13 heteroatoms. The highest BCUT2D eigenvalue weighted by molar-refractivity contribution is 9.10. The van der Waals surface area contributed by atoms with Gasteiger partial charge in [0.2, 0.25) is 0 Å². The number of nitro benzene ring substituents is 2. The molecule has 0 bridgehead atoms. The first-order chi connectivity index (χ1) is 17.7. The highest BCUT2D eigenvalue weighted by Gasteiger charge is 2.25. The van der Waals surface area contributed by atoms with Gasteiger partial charge in [0.1, 0.15) is 6.04 Å². The second kappa shape index (κ2) is 13.3. The fourth-order valence-corrected chi connectivity index (χ4v) is 4.31. The minimum absolute atomic E-state index is 0.150. The predicted octanol–water partition coefficient (Wildman–Crippen LogP) is 4.45. The van der Waals surface area contributed by atoms with Gasteiger partial charge in [-0.05, 0) is 23.3 Å². The molecule has 190 valence electrons. The second-order valence-electron chi connectivity index (χ2n) is 7.56. The molecule has 0 fully saturated rings. The number of hydrogen-bond donors (Lipinski definition) is 2. The summed E-state index contributed by atoms with van der Waals surface area (Å²) in [6, 6.07) is 18.2. The van der Waals surface area contributed by atoms with Crippen LogP contribution in [0.1, 0.15) is 21.5 Å². The van der Waals surface area contributed by atoms with Gasteiger partial charge in [0, 0.05) is 28.1 Å². The van der Waals surface area contributed by atoms with Crippen molar-refractivity contribution in [1.82, 2.24) is 10.7 Å². The maximum atomic E-state index is 12.9. The zero-order valence-corrected chi connectivity index (χ0v) is 21.5. The first kappa shape index (κ1) is 27.5. The minimum atomic E-state index is -1.08. The average Bonchev–Trinajstić information content (AvgIpc) is 2.89. The number of hydrogen-bond acceptors (Lipinski definition) is 8. The van der Waals surface area contributed by atoms with Gasteiger partial charge in [0.05, 0.1) is 27.7 Å². The summed E-state index contributed by atoms with van der Waals surface area (Å²) < 4.78 is 0.883. The molecule has 3 rings (SSSR count). The van der Waals surface area contributed by atoms with E-state index in [1.54, 1.807) is 12.1 Å². The Morgan fingerprint density at radius 1 is 0.973 bits per heavy atom. The Labute approximate surface area is 223 Å². The van der Waals surface area contributed by atoms with Gasteiger partial charge >= 0.3 is 0 Å². The molecule has 11 nitrogen and oxygen atoms in total. The van der Waals surface area contributed by atoms with Crippen molar-refractivity contribution in [3.05, 3.63) is 114 Å². The number of nitrogens with zero attached hydrogens (tertiary/aromatic N) is 3. The summed E-state index contributed by atoms with van der Waals surface area (Å²) in [5, 5.41) is 28.8. The van der Waals surface area contributed by atoms with Crippen LogP contribution in [0.3, 0.4) is 0 Å². The van der Waals surface area contributed by atoms with E-state index in [-0.39, 0.29) is 11.3 Å². The molecule has 0 aromatic heterocycles. The molecule has 0 unspecified atom stereocenters. The number of nitrogens with one attached hydrogen (secondary N) is 2. The van der Waals surface area contributed by atoms with E-state index in [0.717, 1.165) is 33.8 Å². The van der Waals surface area contributed by atoms with Crippen LogP contribution in [-0.4, -0.2) is 39.7 Å². The fourth-order valence-electron chi connectivity index (χ4n) is 3.03. The molecule has 2 amide bonds. The van der Waals surface area contributed by atoms with Gasteiger partial charge < -0.3 is 5.32 Å². The van der Waals surface area contributed by atoms with Crippen LogP contribution in [0, 0.1) is 20.2 Å². The van der Waals surface area contributed by atoms with Crippen molar-refractivity contribution in [2.24, 2.45) is 5.10 Å². The van der Waals surface area contributed by atoms with Crippen molar-refractivity contribution in [3.63, 3.8) is 0 Å². The number of amides is 2. The molecule has 2 N–H and O–H groups in total. The summed E-state index contributed by atoms with van der Waals surface area (Å²) in [6.45, 7) is 0. The molecule has 0 aliphatic rings. The largest absolute Gasteiger partial charge is 0.339 e. The van der Waals surface area contributed by atoms with Crippen LogP contribution in [0.15, 0.2) is 82.4 Å². The summed E-state index contributed by atoms with van der Waals surface area (Å²) in [5.74, 6) is -0.784. The van der Waals surface area contributed by atoms with Gasteiger partial charge in [-0.25, -0.2) is 5.43 Å². The number of thioether (sulfide) groups is 1. The lowest BCUT2D eigenvalue weighted by Crippen LogP contribution is -2.47. The van der Waals surface area contributed by atoms with E-state index in [1.807, 2.05) is 42.5 Å². The summed E-state index contributed by atoms with van der Waals surface area (Å²) >= 11 is 4.71. The smallest absolute Gasteiger partial charge is 0.277 e. The van der Waals surface area contributed by atoms with Crippen LogP contribution in [0.4, 0.5) is 11.4 Å². The Kier molecular flexibility index (Phi) is 9.86. The molecular formula is C24H20BrN5O6S. The molecule has 3 aromatic rings. The van der Waals surface area contributed by atoms with E-state index >= 15 is 0 Å². The van der Waals surface area contributed by atoms with E-state index in [0.29, 0.717) is 5.75 Å². The van der Waals surface area contributed by atoms with Gasteiger partial charge in [-0.3, -0.25) is 29.8 Å². The van der Waals surface area contributed by atoms with E-state index in [4.69, 9.17) is 0 Å². The molecule has 0 saturated heterocycles. The van der Waals surface area contributed by atoms with Crippen molar-refractivity contribution < 1.29 is 19.4 Å². The van der Waals surface area contributed by atoms with Crippen molar-refractivity contribution in [1.29, 1.82) is 0 Å². The first-order valence-corrected chi connectivity index (χ1v) is 12.6. The lowest BCUT2D eigenvalue weighted by Gasteiger charge is -2.17. The lowest BCUT2D eigenvalue weighted by molar-refractivity contribution is -0.394. The molecule has 3 aromatic carbocycles. The van der Waals surface area contributed by atoms with Crippen LogP contribution in [0.2, 0.25) is 0 Å². The van der Waals surface area contributed by atoms with Gasteiger partial charge in [-0.1, -0.05) is 58.4 Å². The van der Waals surface area contributed by atoms with Gasteiger partial charge in [0.15, 0.2) is 0 Å². The van der Waals surface area contributed by atoms with Crippen molar-refractivity contribution in [3.8, 4) is 0 Å². The van der Waals surface area contributed by atoms with Crippen molar-refractivity contribution in [2.45, 2.75) is 11.8 Å². The highest BCUT2D eigenvalue weighted by Crippen LogP contribution is 2.23. The van der Waals surface area contributed by atoms with E-state index in [2.05, 4.69) is 31.8 Å². The van der Waals surface area contributed by atoms with E-state index in [9.17, 15) is 29.8 Å². The summed E-state index contributed by atoms with van der Waals surface area (Å²) in [4.78, 5) is 46.4. The van der Waals surface area contributed by atoms with Crippen LogP contribution >= 0.6 is 27.7 Å². The zero-order valence-electron chi connectivity index (χ0n) is 19.1. The maximum absolute atomic E-state index is 12.9. The van der Waals surface area contributed by atoms with Crippen molar-refractivity contribution in [2.75, 3.05) is 5.75 Å². The second-order valence-corrected chi connectivity index (χ2v) is 9.51. The first-order valence-electron chi connectivity index (χ1n) is 10.7. The number of non-ortho nitro benzene ring substituents is 2. The number of benzene rings is 3. The third-order valence-corrected chi connectivity index (χ3v) is 6.50. The van der Waals surface area contributed by atoms with Crippen LogP contribution in [-0.2, 0) is 10.5 Å². The number of hydrazone groups is 1. The van der Waals surface area contributed by atoms with Gasteiger partial charge in [-0.15, -0.1) is 0 Å². The molecule has 0 aliphatic heterocycles. The molecule has 0 heterocycles. The number of halogens is 1. The Bertz CT molecular complexity index is 1290. The van der Waals surface area contributed by atoms with Crippen LogP contribution in [0.5, 0.6) is 0 Å². The standard InChI is InChI=1S/C24H20BrN5O6S/c25-19-8-6-16(7-9-19)13-26-28-24(32)22(15-37-14-17-4-2-1-3-5-17)27-23(31)18-10-20(29(33)34)12-21(11-18)30(35)36/h1-13,22H,14-15H2,(H,27,31)(H,28,32)/b26-13-/t22-/m1/s1. The Balaban J connectivity index is 1.75. The quantitative estimate of drug-likeness (QED) is 0.191. The number of rotatable bonds is 11. The SMILES string of the molecule is O=C(N[C@H](CSCc1ccccc1)C(=O)N/N=C\c1ccc(Br)cc1)c1cc([N+](=O)[O-])cc([N+](=O)[O-])c1. The Morgan fingerprint density at radius 3 is 2.19 bits per heavy atom. The fraction of sp³-hybridized carbons (Fsp3) is 0.125. The topological polar surface area (TPSA) is 157 Å². The molecule has 37 heavy (non-hydrogen) atoms. The lowest BCUT2D eigenvalue weighted by atomic mass is 10.1. The highest BCUT2D eigenvalue weighted by atomic mass is 79.9. The monoisotopic (exact) mass is 585 g/mol. The van der Waals surface area contributed by atoms with Crippen LogP contribution in [0.25, 0.3) is 0 Å². The molecule has 0 aliphatic carbocycles. The normalized spacial score (nSPS) is 11.6. The molecular weight excluding hydrogens is 566 g/mol. The number of nitro groups is 2. The molecule has 0 spiro atoms. The van der Waals surface area contributed by atoms with Crippen LogP contribution < -0.4 is 10.7 Å². The average molecular weight is 586 g/mol. The zero-order chi connectivity index (χ0) is 26.8. The number of carbonyl (C=O) groups is 2. The summed E-state index contributed by atoms with van der Waals surface area (Å²) in [7, 11) is 0. The summed E-state index contributed by atoms with van der Waals surface area (Å²) in [5.41, 5.74) is 2.59. The van der Waals surface area contributed by atoms with Gasteiger partial charge in [-0.2, -0.15) is 16.9 Å². The third-order valence-electron chi connectivity index (χ3n) is 4.86. The third kappa shape index (κ3) is 8.51. The predicted molar refractivity (Wildman–Crippen MR) is 143 cm³/mol. The van der Waals surface area contributed by atoms with Crippen molar-refractivity contribution >= 4 is 57.1 Å². The van der Waals surface area contributed by atoms with E-state index < -0.39 is 39.1 Å². The molecule has 0 radical (unpaired) electrons. The summed E-state index contributed by atoms with van der Waals surface area (Å²) in [6.07, 6.45) is 1.43. The number of carbonyl (C=O) groups excluding carboxylic acids is 2. The van der Waals surface area contributed by atoms with E-state index in [1.165, 1.54) is 18.0 Å². The minimum Gasteiger partial charge on any atom is -0.339 e. The molecule has 1 atom stereocenters. The molecule has 0 saturated carbocycles. The Morgan fingerprint density at radius 2 is 1.59 bits per heavy atom.